The molecule has 2 nitrogen and oxygen atoms in total. The second kappa shape index (κ2) is 3.78. The van der Waals surface area contributed by atoms with Crippen LogP contribution in [0.4, 0.5) is 13.2 Å². The van der Waals surface area contributed by atoms with Crippen LogP contribution in [0.3, 0.4) is 0 Å². The minimum absolute atomic E-state index is 0.421. The second-order valence-corrected chi connectivity index (χ2v) is 2.93. The van der Waals surface area contributed by atoms with E-state index < -0.39 is 24.0 Å². The Balaban J connectivity index is 4.02. The van der Waals surface area contributed by atoms with E-state index in [-0.39, 0.29) is 0 Å². The number of hydrogen-bond acceptors (Lipinski definition) is 1. The van der Waals surface area contributed by atoms with Crippen molar-refractivity contribution in [2.24, 2.45) is 5.92 Å². The molecule has 1 N–H and O–H groups in total. The molecule has 0 fully saturated rings. The minimum Gasteiger partial charge on any atom is -0.344 e. The summed E-state index contributed by atoms with van der Waals surface area (Å²) in [6, 6.07) is -1.77. The van der Waals surface area contributed by atoms with Crippen LogP contribution in [-0.2, 0) is 4.79 Å². The van der Waals surface area contributed by atoms with Crippen LogP contribution in [0.2, 0.25) is 0 Å². The molecule has 0 aromatic heterocycles. The van der Waals surface area contributed by atoms with E-state index >= 15 is 0 Å². The third-order valence-corrected chi connectivity index (χ3v) is 1.37. The first-order valence-corrected chi connectivity index (χ1v) is 3.62. The zero-order valence-electron chi connectivity index (χ0n) is 7.20. The Morgan fingerprint density at radius 1 is 1.25 bits per heavy atom. The first-order chi connectivity index (χ1) is 5.25. The molecule has 5 heteroatoms. The predicted molar refractivity (Wildman–Crippen MR) is 38.5 cm³/mol. The smallest absolute Gasteiger partial charge is 0.344 e. The highest BCUT2D eigenvalue weighted by Crippen LogP contribution is 2.19. The maximum absolute atomic E-state index is 11.9. The number of carbonyl (C=O) groups is 1. The molecule has 0 aromatic rings. The van der Waals surface area contributed by atoms with Gasteiger partial charge in [0, 0.05) is 5.92 Å². The first kappa shape index (κ1) is 11.3. The minimum atomic E-state index is -4.36. The summed E-state index contributed by atoms with van der Waals surface area (Å²) in [5, 5.41) is 1.86. The number of rotatable bonds is 2. The fourth-order valence-corrected chi connectivity index (χ4v) is 0.462. The van der Waals surface area contributed by atoms with Crippen LogP contribution in [0.1, 0.15) is 20.8 Å². The Morgan fingerprint density at radius 3 is 1.92 bits per heavy atom. The Labute approximate surface area is 69.1 Å². The van der Waals surface area contributed by atoms with Crippen molar-refractivity contribution < 1.29 is 18.0 Å². The normalized spacial score (nSPS) is 14.6. The molecule has 72 valence electrons. The van der Waals surface area contributed by atoms with Gasteiger partial charge in [-0.05, 0) is 6.92 Å². The van der Waals surface area contributed by atoms with Gasteiger partial charge in [0.05, 0.1) is 0 Å². The van der Waals surface area contributed by atoms with Gasteiger partial charge in [0.2, 0.25) is 5.91 Å². The lowest BCUT2D eigenvalue weighted by Gasteiger charge is -2.18. The summed E-state index contributed by atoms with van der Waals surface area (Å²) >= 11 is 0. The van der Waals surface area contributed by atoms with Crippen molar-refractivity contribution in [1.82, 2.24) is 5.32 Å². The van der Waals surface area contributed by atoms with Crippen LogP contribution in [0, 0.1) is 5.92 Å². The van der Waals surface area contributed by atoms with Crippen molar-refractivity contribution in [2.75, 3.05) is 0 Å². The highest BCUT2D eigenvalue weighted by Gasteiger charge is 2.37. The molecule has 0 aromatic carbocycles. The van der Waals surface area contributed by atoms with Crippen molar-refractivity contribution in [2.45, 2.75) is 33.0 Å². The number of amides is 1. The third-order valence-electron chi connectivity index (χ3n) is 1.37. The number of hydrogen-bond donors (Lipinski definition) is 1. The highest BCUT2D eigenvalue weighted by atomic mass is 19.4. The van der Waals surface area contributed by atoms with Gasteiger partial charge in [-0.3, -0.25) is 4.79 Å². The Hall–Kier alpha value is -0.740. The van der Waals surface area contributed by atoms with Crippen LogP contribution in [-0.4, -0.2) is 18.1 Å². The summed E-state index contributed by atoms with van der Waals surface area (Å²) in [7, 11) is 0. The third kappa shape index (κ3) is 3.59. The zero-order valence-corrected chi connectivity index (χ0v) is 7.20. The van der Waals surface area contributed by atoms with Gasteiger partial charge in [-0.2, -0.15) is 13.2 Å². The van der Waals surface area contributed by atoms with E-state index in [4.69, 9.17) is 0 Å². The van der Waals surface area contributed by atoms with Crippen molar-refractivity contribution in [3.05, 3.63) is 0 Å². The predicted octanol–water partition coefficient (Wildman–Crippen LogP) is 1.71. The van der Waals surface area contributed by atoms with E-state index in [9.17, 15) is 18.0 Å². The largest absolute Gasteiger partial charge is 0.408 e. The molecule has 0 saturated heterocycles. The quantitative estimate of drug-likeness (QED) is 0.693. The van der Waals surface area contributed by atoms with Gasteiger partial charge >= 0.3 is 6.18 Å². The molecule has 0 radical (unpaired) electrons. The van der Waals surface area contributed by atoms with E-state index in [1.165, 1.54) is 0 Å². The maximum atomic E-state index is 11.9. The topological polar surface area (TPSA) is 29.1 Å². The average molecular weight is 183 g/mol. The number of carbonyl (C=O) groups excluding carboxylic acids is 1. The van der Waals surface area contributed by atoms with Crippen LogP contribution in [0.15, 0.2) is 0 Å². The number of alkyl halides is 3. The molecule has 0 heterocycles. The van der Waals surface area contributed by atoms with Crippen molar-refractivity contribution in [3.63, 3.8) is 0 Å². The Morgan fingerprint density at radius 2 is 1.67 bits per heavy atom. The van der Waals surface area contributed by atoms with E-state index in [0.29, 0.717) is 0 Å². The van der Waals surface area contributed by atoms with E-state index in [1.54, 1.807) is 13.8 Å². The fraction of sp³-hybridized carbons (Fsp3) is 0.857. The fourth-order valence-electron chi connectivity index (χ4n) is 0.462. The molecule has 1 amide bonds. The van der Waals surface area contributed by atoms with Crippen LogP contribution < -0.4 is 5.32 Å². The maximum Gasteiger partial charge on any atom is 0.408 e. The van der Waals surface area contributed by atoms with Crippen molar-refractivity contribution in [3.8, 4) is 0 Å². The molecule has 0 aliphatic rings. The van der Waals surface area contributed by atoms with Gasteiger partial charge in [0.25, 0.3) is 0 Å². The molecule has 1 unspecified atom stereocenters. The lowest BCUT2D eigenvalue weighted by molar-refractivity contribution is -0.159. The highest BCUT2D eigenvalue weighted by molar-refractivity contribution is 5.78. The lowest BCUT2D eigenvalue weighted by Crippen LogP contribution is -2.44. The summed E-state index contributed by atoms with van der Waals surface area (Å²) in [6.45, 7) is 4.00. The molecule has 0 aliphatic carbocycles. The Bertz CT molecular complexity index is 165. The van der Waals surface area contributed by atoms with Gasteiger partial charge in [-0.1, -0.05) is 13.8 Å². The molecule has 0 saturated carbocycles. The standard InChI is InChI=1S/C7H12F3NO/c1-4(2)6(12)11-5(3)7(8,9)10/h4-5H,1-3H3,(H,11,12). The average Bonchev–Trinajstić information content (AvgIpc) is 1.85. The first-order valence-electron chi connectivity index (χ1n) is 3.62. The summed E-state index contributed by atoms with van der Waals surface area (Å²) in [5.41, 5.74) is 0. The van der Waals surface area contributed by atoms with E-state index in [0.717, 1.165) is 6.92 Å². The molecule has 1 atom stereocenters. The van der Waals surface area contributed by atoms with E-state index in [2.05, 4.69) is 0 Å². The SMILES string of the molecule is CC(C)C(=O)NC(C)C(F)(F)F. The van der Waals surface area contributed by atoms with Gasteiger partial charge in [0.15, 0.2) is 0 Å². The molecule has 0 aliphatic heterocycles. The molecule has 0 spiro atoms. The zero-order chi connectivity index (χ0) is 9.94. The van der Waals surface area contributed by atoms with Crippen LogP contribution >= 0.6 is 0 Å². The Kier molecular flexibility index (Phi) is 3.55. The molecule has 12 heavy (non-hydrogen) atoms. The molecular weight excluding hydrogens is 171 g/mol. The van der Waals surface area contributed by atoms with Crippen LogP contribution in [0.5, 0.6) is 0 Å². The van der Waals surface area contributed by atoms with Crippen LogP contribution in [0.25, 0.3) is 0 Å². The number of halogens is 3. The summed E-state index contributed by atoms with van der Waals surface area (Å²) in [6.07, 6.45) is -4.36. The van der Waals surface area contributed by atoms with E-state index in [1.807, 2.05) is 5.32 Å². The number of nitrogens with one attached hydrogen (secondary N) is 1. The molecule has 0 rings (SSSR count). The van der Waals surface area contributed by atoms with Crippen molar-refractivity contribution in [1.29, 1.82) is 0 Å². The van der Waals surface area contributed by atoms with Gasteiger partial charge < -0.3 is 5.32 Å². The van der Waals surface area contributed by atoms with Gasteiger partial charge in [0.1, 0.15) is 6.04 Å². The molecule has 0 bridgehead atoms. The second-order valence-electron chi connectivity index (χ2n) is 2.93. The molecular formula is C7H12F3NO. The monoisotopic (exact) mass is 183 g/mol. The summed E-state index contributed by atoms with van der Waals surface area (Å²) in [5.74, 6) is -1.00. The van der Waals surface area contributed by atoms with Gasteiger partial charge in [-0.15, -0.1) is 0 Å². The summed E-state index contributed by atoms with van der Waals surface area (Å²) < 4.78 is 35.6. The summed E-state index contributed by atoms with van der Waals surface area (Å²) in [4.78, 5) is 10.8. The van der Waals surface area contributed by atoms with Gasteiger partial charge in [-0.25, -0.2) is 0 Å². The van der Waals surface area contributed by atoms with Crippen molar-refractivity contribution >= 4 is 5.91 Å². The lowest BCUT2D eigenvalue weighted by atomic mass is 10.2.